The summed E-state index contributed by atoms with van der Waals surface area (Å²) in [5.41, 5.74) is 1.59. The van der Waals surface area contributed by atoms with Gasteiger partial charge in [-0.2, -0.15) is 0 Å². The van der Waals surface area contributed by atoms with Crippen LogP contribution in [0.4, 0.5) is 5.82 Å². The molecule has 2 aromatic rings. The van der Waals surface area contributed by atoms with Crippen LogP contribution in [0.5, 0.6) is 0 Å². The molecule has 3 N–H and O–H groups in total. The largest absolute Gasteiger partial charge is 0.480 e. The molecule has 0 aliphatic heterocycles. The molecule has 0 saturated heterocycles. The lowest BCUT2D eigenvalue weighted by Crippen LogP contribution is -2.13. The van der Waals surface area contributed by atoms with Crippen molar-refractivity contribution in [3.8, 4) is 11.4 Å². The van der Waals surface area contributed by atoms with Gasteiger partial charge in [0.05, 0.1) is 5.69 Å². The zero-order valence-corrected chi connectivity index (χ0v) is 8.34. The fraction of sp³-hybridized carbons (Fsp3) is 0.100. The van der Waals surface area contributed by atoms with Gasteiger partial charge in [0.2, 0.25) is 0 Å². The summed E-state index contributed by atoms with van der Waals surface area (Å²) < 4.78 is 0. The van der Waals surface area contributed by atoms with Crippen LogP contribution in [-0.2, 0) is 4.79 Å². The van der Waals surface area contributed by atoms with E-state index in [2.05, 4.69) is 20.5 Å². The van der Waals surface area contributed by atoms with Gasteiger partial charge in [-0.3, -0.25) is 4.79 Å². The Kier molecular flexibility index (Phi) is 2.81. The Hall–Kier alpha value is -2.37. The van der Waals surface area contributed by atoms with Gasteiger partial charge in [-0.25, -0.2) is 0 Å². The monoisotopic (exact) mass is 218 g/mol. The Bertz CT molecular complexity index is 464. The van der Waals surface area contributed by atoms with Crippen LogP contribution >= 0.6 is 0 Å². The van der Waals surface area contributed by atoms with Crippen molar-refractivity contribution in [3.63, 3.8) is 0 Å². The molecule has 0 atom stereocenters. The van der Waals surface area contributed by atoms with Crippen molar-refractivity contribution in [2.24, 2.45) is 0 Å². The topological polar surface area (TPSA) is 90.9 Å². The summed E-state index contributed by atoms with van der Waals surface area (Å²) >= 11 is 0. The molecule has 2 heterocycles. The molecule has 0 fully saturated rings. The lowest BCUT2D eigenvalue weighted by molar-refractivity contribution is -0.134. The number of hydrogen-bond acceptors (Lipinski definition) is 4. The zero-order chi connectivity index (χ0) is 11.4. The molecule has 0 unspecified atom stereocenters. The Labute approximate surface area is 91.3 Å². The number of rotatable bonds is 4. The first-order valence-corrected chi connectivity index (χ1v) is 4.69. The normalized spacial score (nSPS) is 10.0. The van der Waals surface area contributed by atoms with Gasteiger partial charge in [0.15, 0.2) is 0 Å². The zero-order valence-electron chi connectivity index (χ0n) is 8.34. The average Bonchev–Trinajstić information content (AvgIpc) is 2.80. The van der Waals surface area contributed by atoms with Gasteiger partial charge in [-0.1, -0.05) is 0 Å². The van der Waals surface area contributed by atoms with Gasteiger partial charge < -0.3 is 15.4 Å². The van der Waals surface area contributed by atoms with Crippen molar-refractivity contribution in [3.05, 3.63) is 30.5 Å². The summed E-state index contributed by atoms with van der Waals surface area (Å²) in [7, 11) is 0. The van der Waals surface area contributed by atoms with E-state index in [1.807, 2.05) is 12.1 Å². The maximum atomic E-state index is 10.3. The van der Waals surface area contributed by atoms with Crippen LogP contribution < -0.4 is 5.32 Å². The lowest BCUT2D eigenvalue weighted by atomic mass is 10.3. The molecule has 2 rings (SSSR count). The molecule has 6 heteroatoms. The third-order valence-electron chi connectivity index (χ3n) is 1.96. The number of carbonyl (C=O) groups is 1. The van der Waals surface area contributed by atoms with Gasteiger partial charge >= 0.3 is 5.97 Å². The van der Waals surface area contributed by atoms with Gasteiger partial charge in [0.25, 0.3) is 0 Å². The Morgan fingerprint density at radius 2 is 2.25 bits per heavy atom. The van der Waals surface area contributed by atoms with E-state index in [9.17, 15) is 4.79 Å². The molecule has 0 aliphatic rings. The number of nitrogens with one attached hydrogen (secondary N) is 2. The number of aromatic nitrogens is 3. The second kappa shape index (κ2) is 4.43. The van der Waals surface area contributed by atoms with E-state index in [1.165, 1.54) is 0 Å². The number of hydrogen-bond donors (Lipinski definition) is 3. The molecular weight excluding hydrogens is 208 g/mol. The van der Waals surface area contributed by atoms with Crippen LogP contribution in [0.1, 0.15) is 0 Å². The molecule has 0 aromatic carbocycles. The van der Waals surface area contributed by atoms with Crippen molar-refractivity contribution < 1.29 is 9.90 Å². The standard InChI is InChI=1S/C10H10N4O2/c15-10(16)6-12-9-4-3-8(13-14-9)7-2-1-5-11-7/h1-5,11H,6H2,(H,12,14)(H,15,16). The van der Waals surface area contributed by atoms with Gasteiger partial charge in [-0.15, -0.1) is 10.2 Å². The second-order valence-corrected chi connectivity index (χ2v) is 3.13. The summed E-state index contributed by atoms with van der Waals surface area (Å²) in [5, 5.41) is 18.9. The molecule has 0 radical (unpaired) electrons. The van der Waals surface area contributed by atoms with E-state index >= 15 is 0 Å². The van der Waals surface area contributed by atoms with Crippen LogP contribution in [-0.4, -0.2) is 32.8 Å². The highest BCUT2D eigenvalue weighted by molar-refractivity contribution is 5.72. The van der Waals surface area contributed by atoms with E-state index in [1.54, 1.807) is 18.3 Å². The molecular formula is C10H10N4O2. The third kappa shape index (κ3) is 2.35. The summed E-state index contributed by atoms with van der Waals surface area (Å²) in [6.45, 7) is -0.170. The van der Waals surface area contributed by atoms with Crippen LogP contribution in [0.2, 0.25) is 0 Å². The molecule has 2 aromatic heterocycles. The second-order valence-electron chi connectivity index (χ2n) is 3.13. The van der Waals surface area contributed by atoms with E-state index in [-0.39, 0.29) is 6.54 Å². The predicted octanol–water partition coefficient (Wildman–Crippen LogP) is 0.968. The fourth-order valence-electron chi connectivity index (χ4n) is 1.23. The highest BCUT2D eigenvalue weighted by Crippen LogP contribution is 2.13. The van der Waals surface area contributed by atoms with Crippen molar-refractivity contribution in [2.75, 3.05) is 11.9 Å². The SMILES string of the molecule is O=C(O)CNc1ccc(-c2ccc[nH]2)nn1. The van der Waals surface area contributed by atoms with Gasteiger partial charge in [0.1, 0.15) is 18.1 Å². The summed E-state index contributed by atoms with van der Waals surface area (Å²) in [5.74, 6) is -0.493. The van der Waals surface area contributed by atoms with Crippen molar-refractivity contribution in [2.45, 2.75) is 0 Å². The Morgan fingerprint density at radius 1 is 1.38 bits per heavy atom. The number of H-pyrrole nitrogens is 1. The summed E-state index contributed by atoms with van der Waals surface area (Å²) in [6, 6.07) is 7.21. The highest BCUT2D eigenvalue weighted by Gasteiger charge is 2.02. The maximum absolute atomic E-state index is 10.3. The molecule has 6 nitrogen and oxygen atoms in total. The van der Waals surface area contributed by atoms with Crippen molar-refractivity contribution >= 4 is 11.8 Å². The maximum Gasteiger partial charge on any atom is 0.322 e. The molecule has 0 saturated carbocycles. The number of nitrogens with zero attached hydrogens (tertiary/aromatic N) is 2. The van der Waals surface area contributed by atoms with Crippen molar-refractivity contribution in [1.82, 2.24) is 15.2 Å². The Morgan fingerprint density at radius 3 is 2.81 bits per heavy atom. The molecule has 82 valence electrons. The van der Waals surface area contributed by atoms with Gasteiger partial charge in [-0.05, 0) is 24.3 Å². The summed E-state index contributed by atoms with van der Waals surface area (Å²) in [6.07, 6.45) is 1.80. The van der Waals surface area contributed by atoms with E-state index < -0.39 is 5.97 Å². The smallest absolute Gasteiger partial charge is 0.322 e. The molecule has 16 heavy (non-hydrogen) atoms. The number of carboxylic acids is 1. The minimum absolute atomic E-state index is 0.170. The summed E-state index contributed by atoms with van der Waals surface area (Å²) in [4.78, 5) is 13.3. The van der Waals surface area contributed by atoms with Crippen LogP contribution in [0, 0.1) is 0 Å². The average molecular weight is 218 g/mol. The van der Waals surface area contributed by atoms with Gasteiger partial charge in [0, 0.05) is 6.20 Å². The van der Waals surface area contributed by atoms with Crippen molar-refractivity contribution in [1.29, 1.82) is 0 Å². The number of carboxylic acid groups (broad SMARTS) is 1. The van der Waals surface area contributed by atoms with Crippen LogP contribution in [0.25, 0.3) is 11.4 Å². The predicted molar refractivity (Wildman–Crippen MR) is 57.9 cm³/mol. The quantitative estimate of drug-likeness (QED) is 0.711. The highest BCUT2D eigenvalue weighted by atomic mass is 16.4. The van der Waals surface area contributed by atoms with Crippen LogP contribution in [0.15, 0.2) is 30.5 Å². The number of aliphatic carboxylic acids is 1. The lowest BCUT2D eigenvalue weighted by Gasteiger charge is -2.01. The first-order valence-electron chi connectivity index (χ1n) is 4.69. The van der Waals surface area contributed by atoms with E-state index in [0.717, 1.165) is 5.69 Å². The fourth-order valence-corrected chi connectivity index (χ4v) is 1.23. The first-order chi connectivity index (χ1) is 7.75. The molecule has 0 aliphatic carbocycles. The van der Waals surface area contributed by atoms with Crippen LogP contribution in [0.3, 0.4) is 0 Å². The molecule has 0 spiro atoms. The third-order valence-corrected chi connectivity index (χ3v) is 1.96. The first kappa shape index (κ1) is 10.2. The minimum Gasteiger partial charge on any atom is -0.480 e. The molecule has 0 amide bonds. The number of aromatic amines is 1. The van der Waals surface area contributed by atoms with E-state index in [0.29, 0.717) is 11.5 Å². The Balaban J connectivity index is 2.08. The minimum atomic E-state index is -0.935. The van der Waals surface area contributed by atoms with E-state index in [4.69, 9.17) is 5.11 Å². The number of anilines is 1. The molecule has 0 bridgehead atoms.